The number of hydrogen-bond donors (Lipinski definition) is 1. The van der Waals surface area contributed by atoms with Gasteiger partial charge in [0.05, 0.1) is 6.10 Å². The molecule has 2 atom stereocenters. The number of aliphatic hydroxyl groups excluding tert-OH is 1. The molecule has 7 heteroatoms. The van der Waals surface area contributed by atoms with Crippen LogP contribution >= 0.6 is 0 Å². The van der Waals surface area contributed by atoms with Crippen LogP contribution in [0.15, 0.2) is 36.5 Å². The minimum Gasteiger partial charge on any atom is -0.391 e. The number of nitrogens with zero attached hydrogens (tertiary/aromatic N) is 3. The molecule has 1 aromatic heterocycles. The van der Waals surface area contributed by atoms with Crippen molar-refractivity contribution in [2.45, 2.75) is 38.1 Å². The van der Waals surface area contributed by atoms with Crippen LogP contribution in [0.2, 0.25) is 0 Å². The predicted octanol–water partition coefficient (Wildman–Crippen LogP) is 3.00. The van der Waals surface area contributed by atoms with Crippen molar-refractivity contribution in [1.82, 2.24) is 14.5 Å². The number of aryl methyl sites for hydroxylation is 1. The Morgan fingerprint density at radius 3 is 2.73 bits per heavy atom. The summed E-state index contributed by atoms with van der Waals surface area (Å²) in [6.07, 6.45) is -1.78. The first-order valence-corrected chi connectivity index (χ1v) is 8.85. The van der Waals surface area contributed by atoms with Crippen molar-refractivity contribution in [2.24, 2.45) is 5.92 Å². The number of halogens is 3. The zero-order chi connectivity index (χ0) is 18.7. The molecule has 2 heterocycles. The van der Waals surface area contributed by atoms with Gasteiger partial charge in [0, 0.05) is 32.3 Å². The molecule has 0 radical (unpaired) electrons. The highest BCUT2D eigenvalue weighted by molar-refractivity contribution is 5.15. The summed E-state index contributed by atoms with van der Waals surface area (Å²) in [5, 5.41) is 10.3. The van der Waals surface area contributed by atoms with E-state index in [1.165, 1.54) is 0 Å². The van der Waals surface area contributed by atoms with E-state index in [0.717, 1.165) is 24.7 Å². The average Bonchev–Trinajstić information content (AvgIpc) is 2.99. The normalized spacial score (nSPS) is 18.8. The summed E-state index contributed by atoms with van der Waals surface area (Å²) in [5.41, 5.74) is 0.286. The Kier molecular flexibility index (Phi) is 5.67. The lowest BCUT2D eigenvalue weighted by molar-refractivity contribution is -0.141. The molecule has 142 valence electrons. The third-order valence-corrected chi connectivity index (χ3v) is 4.79. The quantitative estimate of drug-likeness (QED) is 0.853. The number of aliphatic hydroxyl groups is 1. The standard InChI is InChI=1S/C19H24F3N3O/c1-24(12-16(26)9-14-5-3-2-4-6-14)10-15-7-8-18-23-17(19(20,21)22)13-25(18)11-15/h2-6,13,15-16,26H,7-12H2,1H3/t15-,16-/m1/s1. The number of likely N-dealkylation sites (N-methyl/N-ethyl adjacent to an activating group) is 1. The molecule has 0 spiro atoms. The predicted molar refractivity (Wildman–Crippen MR) is 92.7 cm³/mol. The van der Waals surface area contributed by atoms with Crippen LogP contribution in [0.5, 0.6) is 0 Å². The maximum absolute atomic E-state index is 12.8. The molecule has 4 nitrogen and oxygen atoms in total. The summed E-state index contributed by atoms with van der Waals surface area (Å²) in [6, 6.07) is 9.82. The monoisotopic (exact) mass is 367 g/mol. The van der Waals surface area contributed by atoms with E-state index in [1.807, 2.05) is 37.4 Å². The van der Waals surface area contributed by atoms with Gasteiger partial charge in [0.2, 0.25) is 0 Å². The molecule has 0 aliphatic carbocycles. The Balaban J connectivity index is 1.51. The highest BCUT2D eigenvalue weighted by Crippen LogP contribution is 2.30. The fourth-order valence-corrected chi connectivity index (χ4v) is 3.63. The zero-order valence-corrected chi connectivity index (χ0v) is 14.8. The van der Waals surface area contributed by atoms with Gasteiger partial charge in [0.15, 0.2) is 5.69 Å². The number of hydrogen-bond acceptors (Lipinski definition) is 3. The topological polar surface area (TPSA) is 41.3 Å². The molecule has 0 bridgehead atoms. The Hall–Kier alpha value is -1.86. The molecule has 1 aliphatic rings. The second kappa shape index (κ2) is 7.80. The highest BCUT2D eigenvalue weighted by Gasteiger charge is 2.35. The van der Waals surface area contributed by atoms with E-state index in [1.54, 1.807) is 4.57 Å². The molecular formula is C19H24F3N3O. The minimum atomic E-state index is -4.39. The SMILES string of the molecule is CN(C[C@H](O)Cc1ccccc1)C[C@H]1CCc2nc(C(F)(F)F)cn2C1. The first-order chi connectivity index (χ1) is 12.3. The number of alkyl halides is 3. The van der Waals surface area contributed by atoms with E-state index in [9.17, 15) is 18.3 Å². The molecule has 0 saturated heterocycles. The van der Waals surface area contributed by atoms with E-state index in [2.05, 4.69) is 9.88 Å². The van der Waals surface area contributed by atoms with Gasteiger partial charge in [0.1, 0.15) is 5.82 Å². The molecule has 26 heavy (non-hydrogen) atoms. The van der Waals surface area contributed by atoms with Crippen molar-refractivity contribution in [3.63, 3.8) is 0 Å². The number of imidazole rings is 1. The number of benzene rings is 1. The van der Waals surface area contributed by atoms with Crippen LogP contribution in [-0.4, -0.2) is 45.8 Å². The molecule has 0 amide bonds. The van der Waals surface area contributed by atoms with Gasteiger partial charge in [-0.25, -0.2) is 4.98 Å². The van der Waals surface area contributed by atoms with E-state index in [0.29, 0.717) is 31.8 Å². The molecule has 2 aromatic rings. The van der Waals surface area contributed by atoms with E-state index in [4.69, 9.17) is 0 Å². The van der Waals surface area contributed by atoms with Gasteiger partial charge in [-0.3, -0.25) is 0 Å². The summed E-state index contributed by atoms with van der Waals surface area (Å²) in [4.78, 5) is 5.78. The second-order valence-electron chi connectivity index (χ2n) is 7.16. The summed E-state index contributed by atoms with van der Waals surface area (Å²) < 4.78 is 40.0. The fraction of sp³-hybridized carbons (Fsp3) is 0.526. The van der Waals surface area contributed by atoms with Crippen LogP contribution in [0.3, 0.4) is 0 Å². The summed E-state index contributed by atoms with van der Waals surface area (Å²) >= 11 is 0. The smallest absolute Gasteiger partial charge is 0.391 e. The van der Waals surface area contributed by atoms with Crippen molar-refractivity contribution in [3.05, 3.63) is 53.6 Å². The highest BCUT2D eigenvalue weighted by atomic mass is 19.4. The lowest BCUT2D eigenvalue weighted by atomic mass is 9.98. The zero-order valence-electron chi connectivity index (χ0n) is 14.8. The van der Waals surface area contributed by atoms with Gasteiger partial charge in [0.25, 0.3) is 0 Å². The molecular weight excluding hydrogens is 343 g/mol. The van der Waals surface area contributed by atoms with Crippen molar-refractivity contribution in [1.29, 1.82) is 0 Å². The molecule has 0 saturated carbocycles. The maximum atomic E-state index is 12.8. The van der Waals surface area contributed by atoms with Crippen LogP contribution in [0.25, 0.3) is 0 Å². The molecule has 3 rings (SSSR count). The van der Waals surface area contributed by atoms with Gasteiger partial charge in [-0.1, -0.05) is 30.3 Å². The second-order valence-corrected chi connectivity index (χ2v) is 7.16. The lowest BCUT2D eigenvalue weighted by Gasteiger charge is -2.29. The van der Waals surface area contributed by atoms with Gasteiger partial charge < -0.3 is 14.6 Å². The van der Waals surface area contributed by atoms with Gasteiger partial charge in [-0.05, 0) is 31.4 Å². The molecule has 1 aliphatic heterocycles. The summed E-state index contributed by atoms with van der Waals surface area (Å²) in [7, 11) is 1.94. The van der Waals surface area contributed by atoms with Gasteiger partial charge in [-0.2, -0.15) is 13.2 Å². The van der Waals surface area contributed by atoms with Crippen molar-refractivity contribution < 1.29 is 18.3 Å². The van der Waals surface area contributed by atoms with Crippen LogP contribution < -0.4 is 0 Å². The largest absolute Gasteiger partial charge is 0.434 e. The molecule has 1 N–H and O–H groups in total. The Morgan fingerprint density at radius 2 is 2.04 bits per heavy atom. The lowest BCUT2D eigenvalue weighted by Crippen LogP contribution is -2.36. The minimum absolute atomic E-state index is 0.256. The Morgan fingerprint density at radius 1 is 1.31 bits per heavy atom. The fourth-order valence-electron chi connectivity index (χ4n) is 3.63. The molecule has 0 fully saturated rings. The van der Waals surface area contributed by atoms with Crippen molar-refractivity contribution in [3.8, 4) is 0 Å². The average molecular weight is 367 g/mol. The first-order valence-electron chi connectivity index (χ1n) is 8.85. The number of aromatic nitrogens is 2. The molecule has 0 unspecified atom stereocenters. The van der Waals surface area contributed by atoms with Crippen LogP contribution in [0.4, 0.5) is 13.2 Å². The van der Waals surface area contributed by atoms with Gasteiger partial charge in [-0.15, -0.1) is 0 Å². The van der Waals surface area contributed by atoms with Crippen molar-refractivity contribution >= 4 is 0 Å². The molecule has 1 aromatic carbocycles. The first kappa shape index (κ1) is 18.9. The Bertz CT molecular complexity index is 715. The van der Waals surface area contributed by atoms with Crippen LogP contribution in [-0.2, 0) is 25.6 Å². The number of rotatable bonds is 6. The number of fused-ring (bicyclic) bond motifs is 1. The van der Waals surface area contributed by atoms with E-state index in [-0.39, 0.29) is 5.92 Å². The summed E-state index contributed by atoms with van der Waals surface area (Å²) in [5.74, 6) is 0.770. The van der Waals surface area contributed by atoms with Crippen LogP contribution in [0.1, 0.15) is 23.5 Å². The maximum Gasteiger partial charge on any atom is 0.434 e. The van der Waals surface area contributed by atoms with E-state index >= 15 is 0 Å². The van der Waals surface area contributed by atoms with Crippen LogP contribution in [0, 0.1) is 5.92 Å². The van der Waals surface area contributed by atoms with Gasteiger partial charge >= 0.3 is 6.18 Å². The third kappa shape index (κ3) is 4.86. The van der Waals surface area contributed by atoms with Crippen molar-refractivity contribution in [2.75, 3.05) is 20.1 Å². The third-order valence-electron chi connectivity index (χ3n) is 4.79. The Labute approximate surface area is 151 Å². The summed E-state index contributed by atoms with van der Waals surface area (Å²) in [6.45, 7) is 1.82. The van der Waals surface area contributed by atoms with E-state index < -0.39 is 18.0 Å².